The summed E-state index contributed by atoms with van der Waals surface area (Å²) in [6.45, 7) is 0.478. The Bertz CT molecular complexity index is 187. The van der Waals surface area contributed by atoms with Gasteiger partial charge in [-0.2, -0.15) is 0 Å². The quantitative estimate of drug-likeness (QED) is 0.439. The smallest absolute Gasteiger partial charge is 0.182 e. The molecule has 0 aromatic rings. The van der Waals surface area contributed by atoms with Crippen molar-refractivity contribution < 1.29 is 19.4 Å². The molecule has 6 nitrogen and oxygen atoms in total. The monoisotopic (exact) mass is 175 g/mol. The molecule has 0 spiro atoms. The van der Waals surface area contributed by atoms with Crippen LogP contribution in [0.2, 0.25) is 0 Å². The van der Waals surface area contributed by atoms with Gasteiger partial charge in [0, 0.05) is 0 Å². The zero-order valence-corrected chi connectivity index (χ0v) is 6.25. The van der Waals surface area contributed by atoms with Crippen molar-refractivity contribution in [3.05, 3.63) is 4.91 Å². The first-order valence-corrected chi connectivity index (χ1v) is 3.72. The summed E-state index contributed by atoms with van der Waals surface area (Å²) in [5, 5.41) is 11.6. The van der Waals surface area contributed by atoms with Gasteiger partial charge in [0.15, 0.2) is 11.4 Å². The van der Waals surface area contributed by atoms with Gasteiger partial charge in [-0.25, -0.2) is 0 Å². The first-order chi connectivity index (χ1) is 5.83. The Kier molecular flexibility index (Phi) is 1.95. The minimum Gasteiger partial charge on any atom is -0.388 e. The predicted molar refractivity (Wildman–Crippen MR) is 36.2 cm³/mol. The molecule has 0 aliphatic carbocycles. The van der Waals surface area contributed by atoms with E-state index in [0.29, 0.717) is 0 Å². The Morgan fingerprint density at radius 3 is 2.83 bits per heavy atom. The minimum absolute atomic E-state index is 0.230. The molecule has 6 heteroatoms. The van der Waals surface area contributed by atoms with Gasteiger partial charge in [-0.05, 0) is 0 Å². The minimum atomic E-state index is -0.616. The third-order valence-corrected chi connectivity index (χ3v) is 2.16. The molecule has 2 rings (SSSR count). The van der Waals surface area contributed by atoms with Crippen LogP contribution in [0.15, 0.2) is 5.34 Å². The molecule has 0 radical (unpaired) electrons. The van der Waals surface area contributed by atoms with Crippen molar-refractivity contribution in [3.8, 4) is 0 Å². The highest BCUT2D eigenvalue weighted by Crippen LogP contribution is 2.28. The Labute approximate surface area is 68.3 Å². The van der Waals surface area contributed by atoms with Crippen LogP contribution in [0.25, 0.3) is 0 Å². The van der Waals surface area contributed by atoms with Crippen LogP contribution in [-0.2, 0) is 14.3 Å². The van der Waals surface area contributed by atoms with Crippen molar-refractivity contribution in [1.29, 1.82) is 0 Å². The van der Waals surface area contributed by atoms with Gasteiger partial charge in [0.25, 0.3) is 0 Å². The van der Waals surface area contributed by atoms with Crippen LogP contribution < -0.4 is 0 Å². The Hall–Kier alpha value is -0.720. The molecule has 0 amide bonds. The third-order valence-electron chi connectivity index (χ3n) is 2.16. The van der Waals surface area contributed by atoms with E-state index in [2.05, 4.69) is 10.2 Å². The van der Waals surface area contributed by atoms with Crippen LogP contribution in [0.5, 0.6) is 0 Å². The number of fused-ring (bicyclic) bond motifs is 1. The summed E-state index contributed by atoms with van der Waals surface area (Å²) in [6, 6.07) is 0. The predicted octanol–water partition coefficient (Wildman–Crippen LogP) is -0.789. The first-order valence-electron chi connectivity index (χ1n) is 3.72. The second-order valence-electron chi connectivity index (χ2n) is 2.88. The Morgan fingerprint density at radius 2 is 2.08 bits per heavy atom. The van der Waals surface area contributed by atoms with Crippen molar-refractivity contribution in [1.82, 2.24) is 0 Å². The van der Waals surface area contributed by atoms with Crippen LogP contribution >= 0.6 is 0 Å². The molecule has 0 saturated carbocycles. The van der Waals surface area contributed by atoms with Crippen LogP contribution in [0.1, 0.15) is 0 Å². The molecule has 0 bridgehead atoms. The standard InChI is InChI=1S/C6H9NO5/c8-3-1-10-6-4(12-7-9)2-11-5(3)6/h3-6,8H,1-2H2/t3-,4-,5+,6+/m1/s1. The maximum absolute atomic E-state index is 9.79. The van der Waals surface area contributed by atoms with E-state index in [1.807, 2.05) is 0 Å². The first kappa shape index (κ1) is 7.90. The molecule has 68 valence electrons. The number of aliphatic hydroxyl groups excluding tert-OH is 1. The SMILES string of the molecule is O=NO[C@@H]1CO[C@@H]2[C@H]1OC[C@H]2O. The molecule has 12 heavy (non-hydrogen) atoms. The molecule has 0 aromatic carbocycles. The van der Waals surface area contributed by atoms with E-state index in [1.54, 1.807) is 0 Å². The van der Waals surface area contributed by atoms with Gasteiger partial charge in [-0.3, -0.25) is 0 Å². The molecular weight excluding hydrogens is 166 g/mol. The molecule has 2 heterocycles. The van der Waals surface area contributed by atoms with E-state index < -0.39 is 12.2 Å². The lowest BCUT2D eigenvalue weighted by Crippen LogP contribution is -2.31. The average molecular weight is 175 g/mol. The fourth-order valence-electron chi connectivity index (χ4n) is 1.59. The molecule has 2 aliphatic heterocycles. The van der Waals surface area contributed by atoms with Crippen LogP contribution in [0.4, 0.5) is 0 Å². The van der Waals surface area contributed by atoms with Crippen LogP contribution in [0.3, 0.4) is 0 Å². The van der Waals surface area contributed by atoms with Gasteiger partial charge < -0.3 is 19.4 Å². The van der Waals surface area contributed by atoms with E-state index >= 15 is 0 Å². The number of aliphatic hydroxyl groups is 1. The molecule has 4 atom stereocenters. The fourth-order valence-corrected chi connectivity index (χ4v) is 1.59. The largest absolute Gasteiger partial charge is 0.388 e. The van der Waals surface area contributed by atoms with Gasteiger partial charge in [-0.15, -0.1) is 4.91 Å². The van der Waals surface area contributed by atoms with Gasteiger partial charge >= 0.3 is 0 Å². The van der Waals surface area contributed by atoms with Crippen molar-refractivity contribution in [2.45, 2.75) is 24.4 Å². The van der Waals surface area contributed by atoms with E-state index in [9.17, 15) is 10.0 Å². The zero-order valence-electron chi connectivity index (χ0n) is 6.25. The topological polar surface area (TPSA) is 77.4 Å². The van der Waals surface area contributed by atoms with E-state index in [4.69, 9.17) is 9.47 Å². The molecule has 0 aromatic heterocycles. The van der Waals surface area contributed by atoms with Gasteiger partial charge in [0.2, 0.25) is 0 Å². The van der Waals surface area contributed by atoms with E-state index in [-0.39, 0.29) is 25.4 Å². The lowest BCUT2D eigenvalue weighted by molar-refractivity contribution is -0.0370. The van der Waals surface area contributed by atoms with Gasteiger partial charge in [0.1, 0.15) is 18.3 Å². The summed E-state index contributed by atoms with van der Waals surface area (Å²) in [5.74, 6) is 0. The molecule has 1 N–H and O–H groups in total. The fraction of sp³-hybridized carbons (Fsp3) is 1.00. The summed E-state index contributed by atoms with van der Waals surface area (Å²) >= 11 is 0. The van der Waals surface area contributed by atoms with Gasteiger partial charge in [-0.1, -0.05) is 0 Å². The number of rotatable bonds is 2. The van der Waals surface area contributed by atoms with Crippen LogP contribution in [0, 0.1) is 4.91 Å². The maximum Gasteiger partial charge on any atom is 0.182 e. The lowest BCUT2D eigenvalue weighted by atomic mass is 10.1. The van der Waals surface area contributed by atoms with Crippen molar-refractivity contribution in [3.63, 3.8) is 0 Å². The summed E-state index contributed by atoms with van der Waals surface area (Å²) in [7, 11) is 0. The summed E-state index contributed by atoms with van der Waals surface area (Å²) < 4.78 is 10.3. The summed E-state index contributed by atoms with van der Waals surface area (Å²) in [6.07, 6.45) is -1.80. The highest BCUT2D eigenvalue weighted by atomic mass is 16.8. The normalized spacial score (nSPS) is 45.8. The summed E-state index contributed by atoms with van der Waals surface area (Å²) in [5.41, 5.74) is 0. The maximum atomic E-state index is 9.79. The number of hydrogen-bond acceptors (Lipinski definition) is 6. The molecule has 2 fully saturated rings. The third kappa shape index (κ3) is 1.08. The van der Waals surface area contributed by atoms with Crippen LogP contribution in [-0.4, -0.2) is 42.7 Å². The van der Waals surface area contributed by atoms with E-state index in [0.717, 1.165) is 0 Å². The molecule has 2 saturated heterocycles. The Balaban J connectivity index is 2.00. The van der Waals surface area contributed by atoms with Crippen molar-refractivity contribution >= 4 is 0 Å². The second-order valence-corrected chi connectivity index (χ2v) is 2.88. The van der Waals surface area contributed by atoms with Crippen molar-refractivity contribution in [2.24, 2.45) is 5.34 Å². The average Bonchev–Trinajstić information content (AvgIpc) is 2.58. The Morgan fingerprint density at radius 1 is 1.33 bits per heavy atom. The number of ether oxygens (including phenoxy) is 2. The lowest BCUT2D eigenvalue weighted by Gasteiger charge is -2.11. The molecule has 2 aliphatic rings. The number of hydrogen-bond donors (Lipinski definition) is 1. The zero-order chi connectivity index (χ0) is 8.55. The summed E-state index contributed by atoms with van der Waals surface area (Å²) in [4.78, 5) is 14.3. The second kappa shape index (κ2) is 2.96. The molecular formula is C6H9NO5. The van der Waals surface area contributed by atoms with Gasteiger partial charge in [0.05, 0.1) is 13.2 Å². The number of nitrogens with zero attached hydrogens (tertiary/aromatic N) is 1. The molecule has 0 unspecified atom stereocenters. The van der Waals surface area contributed by atoms with E-state index in [1.165, 1.54) is 0 Å². The highest BCUT2D eigenvalue weighted by molar-refractivity contribution is 4.94. The highest BCUT2D eigenvalue weighted by Gasteiger charge is 2.48. The van der Waals surface area contributed by atoms with Crippen molar-refractivity contribution in [2.75, 3.05) is 13.2 Å².